The van der Waals surface area contributed by atoms with Crippen molar-refractivity contribution in [1.29, 1.82) is 0 Å². The molecule has 1 aromatic carbocycles. The maximum absolute atomic E-state index is 12.3. The SMILES string of the molecule is CCCCCCCC/C=C\CCCCCCCC(=O)Oc1ccc(CC(=O)OCCC2CCN(CCSC)CC2)cc1. The number of piperidine rings is 1. The van der Waals surface area contributed by atoms with Crippen LogP contribution in [0, 0.1) is 5.92 Å². The summed E-state index contributed by atoms with van der Waals surface area (Å²) >= 11 is 1.90. The first-order chi connectivity index (χ1) is 20.6. The van der Waals surface area contributed by atoms with Crippen LogP contribution in [-0.4, -0.2) is 55.1 Å². The average Bonchev–Trinajstić information content (AvgIpc) is 2.99. The van der Waals surface area contributed by atoms with Gasteiger partial charge in [0.1, 0.15) is 5.75 Å². The second-order valence-electron chi connectivity index (χ2n) is 11.9. The van der Waals surface area contributed by atoms with Crippen molar-refractivity contribution in [1.82, 2.24) is 4.90 Å². The van der Waals surface area contributed by atoms with Gasteiger partial charge in [0.15, 0.2) is 0 Å². The molecule has 0 N–H and O–H groups in total. The molecule has 6 heteroatoms. The highest BCUT2D eigenvalue weighted by Crippen LogP contribution is 2.21. The molecule has 0 atom stereocenters. The maximum atomic E-state index is 12.3. The molecule has 2 rings (SSSR count). The monoisotopic (exact) mass is 601 g/mol. The molecule has 0 aromatic heterocycles. The summed E-state index contributed by atoms with van der Waals surface area (Å²) in [6, 6.07) is 7.23. The Kier molecular flexibility index (Phi) is 21.3. The lowest BCUT2D eigenvalue weighted by molar-refractivity contribution is -0.143. The van der Waals surface area contributed by atoms with Crippen LogP contribution in [0.4, 0.5) is 0 Å². The van der Waals surface area contributed by atoms with Gasteiger partial charge in [0.05, 0.1) is 13.0 Å². The average molecular weight is 602 g/mol. The Balaban J connectivity index is 1.44. The standard InChI is InChI=1S/C36H59NO4S/c1-3-4-5-6-7-8-9-10-11-12-13-14-15-16-17-18-35(38)41-34-21-19-33(20-22-34)31-36(39)40-29-25-32-23-26-37(27-24-32)28-30-42-2/h10-11,19-22,32H,3-9,12-18,23-31H2,1-2H3/b11-10-. The van der Waals surface area contributed by atoms with E-state index < -0.39 is 0 Å². The van der Waals surface area contributed by atoms with Gasteiger partial charge >= 0.3 is 11.9 Å². The van der Waals surface area contributed by atoms with Gasteiger partial charge in [-0.1, -0.05) is 82.6 Å². The van der Waals surface area contributed by atoms with Gasteiger partial charge in [-0.3, -0.25) is 9.59 Å². The fraction of sp³-hybridized carbons (Fsp3) is 0.722. The Labute approximate surface area is 261 Å². The van der Waals surface area contributed by atoms with E-state index in [1.807, 2.05) is 23.9 Å². The maximum Gasteiger partial charge on any atom is 0.311 e. The molecule has 0 radical (unpaired) electrons. The van der Waals surface area contributed by atoms with E-state index in [0.717, 1.165) is 37.9 Å². The molecule has 42 heavy (non-hydrogen) atoms. The van der Waals surface area contributed by atoms with E-state index in [1.54, 1.807) is 12.1 Å². The number of hydrogen-bond acceptors (Lipinski definition) is 6. The zero-order valence-corrected chi connectivity index (χ0v) is 27.6. The van der Waals surface area contributed by atoms with Gasteiger partial charge in [0, 0.05) is 18.7 Å². The highest BCUT2D eigenvalue weighted by atomic mass is 32.2. The van der Waals surface area contributed by atoms with Crippen molar-refractivity contribution in [3.63, 3.8) is 0 Å². The molecule has 0 saturated carbocycles. The number of thioether (sulfide) groups is 1. The molecule has 1 aliphatic heterocycles. The molecule has 0 amide bonds. The molecule has 0 aliphatic carbocycles. The molecular formula is C36H59NO4S. The zero-order chi connectivity index (χ0) is 30.1. The first kappa shape index (κ1) is 36.4. The van der Waals surface area contributed by atoms with E-state index in [0.29, 0.717) is 24.7 Å². The number of unbranched alkanes of at least 4 members (excludes halogenated alkanes) is 11. The number of hydrogen-bond donors (Lipinski definition) is 0. The number of rotatable bonds is 24. The molecule has 1 aliphatic rings. The van der Waals surface area contributed by atoms with Crippen LogP contribution in [0.25, 0.3) is 0 Å². The normalized spacial score (nSPS) is 14.4. The van der Waals surface area contributed by atoms with Gasteiger partial charge in [0.2, 0.25) is 0 Å². The smallest absolute Gasteiger partial charge is 0.311 e. The van der Waals surface area contributed by atoms with Crippen LogP contribution < -0.4 is 4.74 Å². The molecule has 0 bridgehead atoms. The molecule has 1 saturated heterocycles. The van der Waals surface area contributed by atoms with Crippen molar-refractivity contribution in [3.8, 4) is 5.75 Å². The molecule has 0 unspecified atom stereocenters. The van der Waals surface area contributed by atoms with Crippen LogP contribution >= 0.6 is 11.8 Å². The molecule has 5 nitrogen and oxygen atoms in total. The van der Waals surface area contributed by atoms with Gasteiger partial charge < -0.3 is 14.4 Å². The number of ether oxygens (including phenoxy) is 2. The van der Waals surface area contributed by atoms with Crippen molar-refractivity contribution in [2.45, 2.75) is 122 Å². The number of likely N-dealkylation sites (tertiary alicyclic amines) is 1. The molecule has 0 spiro atoms. The van der Waals surface area contributed by atoms with Gasteiger partial charge in [0.25, 0.3) is 0 Å². The molecule has 1 fully saturated rings. The van der Waals surface area contributed by atoms with E-state index in [9.17, 15) is 9.59 Å². The van der Waals surface area contributed by atoms with E-state index in [-0.39, 0.29) is 18.4 Å². The third-order valence-corrected chi connectivity index (χ3v) is 8.84. The summed E-state index contributed by atoms with van der Waals surface area (Å²) in [7, 11) is 0. The van der Waals surface area contributed by atoms with Crippen molar-refractivity contribution < 1.29 is 19.1 Å². The van der Waals surface area contributed by atoms with E-state index in [1.165, 1.54) is 95.8 Å². The van der Waals surface area contributed by atoms with Crippen LogP contribution in [0.1, 0.15) is 122 Å². The number of nitrogens with zero attached hydrogens (tertiary/aromatic N) is 1. The minimum Gasteiger partial charge on any atom is -0.465 e. The molecule has 1 heterocycles. The van der Waals surface area contributed by atoms with E-state index in [4.69, 9.17) is 9.47 Å². The number of esters is 2. The summed E-state index contributed by atoms with van der Waals surface area (Å²) in [6.45, 7) is 6.26. The number of carbonyl (C=O) groups is 2. The molecular weight excluding hydrogens is 542 g/mol. The summed E-state index contributed by atoms with van der Waals surface area (Å²) in [5, 5.41) is 0. The van der Waals surface area contributed by atoms with Crippen LogP contribution in [0.5, 0.6) is 5.75 Å². The summed E-state index contributed by atoms with van der Waals surface area (Å²) in [5.41, 5.74) is 0.874. The first-order valence-electron chi connectivity index (χ1n) is 16.9. The summed E-state index contributed by atoms with van der Waals surface area (Å²) < 4.78 is 11.0. The highest BCUT2D eigenvalue weighted by Gasteiger charge is 2.19. The second kappa shape index (κ2) is 24.6. The Morgan fingerprint density at radius 3 is 2.12 bits per heavy atom. The summed E-state index contributed by atoms with van der Waals surface area (Å²) in [5.74, 6) is 2.01. The van der Waals surface area contributed by atoms with Gasteiger partial charge in [-0.25, -0.2) is 0 Å². The third-order valence-electron chi connectivity index (χ3n) is 8.25. The van der Waals surface area contributed by atoms with Crippen LogP contribution in [0.2, 0.25) is 0 Å². The Bertz CT molecular complexity index is 848. The Morgan fingerprint density at radius 1 is 0.857 bits per heavy atom. The minimum absolute atomic E-state index is 0.185. The highest BCUT2D eigenvalue weighted by molar-refractivity contribution is 7.98. The lowest BCUT2D eigenvalue weighted by Crippen LogP contribution is -2.35. The van der Waals surface area contributed by atoms with Gasteiger partial charge in [-0.05, 0) is 94.3 Å². The fourth-order valence-electron chi connectivity index (χ4n) is 5.47. The summed E-state index contributed by atoms with van der Waals surface area (Å²) in [4.78, 5) is 27.0. The van der Waals surface area contributed by atoms with Gasteiger partial charge in [-0.2, -0.15) is 11.8 Å². The number of benzene rings is 1. The topological polar surface area (TPSA) is 55.8 Å². The lowest BCUT2D eigenvalue weighted by atomic mass is 9.94. The largest absolute Gasteiger partial charge is 0.465 e. The van der Waals surface area contributed by atoms with Crippen molar-refractivity contribution >= 4 is 23.7 Å². The predicted molar refractivity (Wildman–Crippen MR) is 178 cm³/mol. The Morgan fingerprint density at radius 2 is 1.48 bits per heavy atom. The second-order valence-corrected chi connectivity index (χ2v) is 12.9. The van der Waals surface area contributed by atoms with Crippen LogP contribution in [0.15, 0.2) is 36.4 Å². The van der Waals surface area contributed by atoms with E-state index in [2.05, 4.69) is 30.2 Å². The van der Waals surface area contributed by atoms with Crippen LogP contribution in [0.3, 0.4) is 0 Å². The third kappa shape index (κ3) is 18.7. The number of allylic oxidation sites excluding steroid dienone is 2. The lowest BCUT2D eigenvalue weighted by Gasteiger charge is -2.31. The number of carbonyl (C=O) groups excluding carboxylic acids is 2. The Hall–Kier alpha value is -1.79. The molecule has 1 aromatic rings. The molecule has 238 valence electrons. The van der Waals surface area contributed by atoms with Crippen molar-refractivity contribution in [3.05, 3.63) is 42.0 Å². The van der Waals surface area contributed by atoms with Gasteiger partial charge in [-0.15, -0.1) is 0 Å². The quantitative estimate of drug-likeness (QED) is 0.0510. The van der Waals surface area contributed by atoms with E-state index >= 15 is 0 Å². The summed E-state index contributed by atoms with van der Waals surface area (Å²) in [6.07, 6.45) is 27.0. The minimum atomic E-state index is -0.193. The predicted octanol–water partition coefficient (Wildman–Crippen LogP) is 9.18. The first-order valence-corrected chi connectivity index (χ1v) is 18.3. The fourth-order valence-corrected chi connectivity index (χ4v) is 5.91. The van der Waals surface area contributed by atoms with Crippen molar-refractivity contribution in [2.24, 2.45) is 5.92 Å². The van der Waals surface area contributed by atoms with Crippen molar-refractivity contribution in [2.75, 3.05) is 38.2 Å². The zero-order valence-electron chi connectivity index (χ0n) is 26.8. The van der Waals surface area contributed by atoms with Crippen LogP contribution in [-0.2, 0) is 20.7 Å².